The highest BCUT2D eigenvalue weighted by molar-refractivity contribution is 5.71. The SMILES string of the molecule is O=C(O)C[C@H](c1cccc(OC(=O)N2CCN(CCc3cc(C(F)(F)F)ccc3C(F)(F)F)CC2)c1)C1CC1. The van der Waals surface area contributed by atoms with Gasteiger partial charge in [-0.25, -0.2) is 4.79 Å². The van der Waals surface area contributed by atoms with Crippen molar-refractivity contribution in [3.05, 3.63) is 64.7 Å². The molecule has 0 unspecified atom stereocenters. The van der Waals surface area contributed by atoms with Crippen LogP contribution in [0.4, 0.5) is 31.1 Å². The molecule has 4 rings (SSSR count). The lowest BCUT2D eigenvalue weighted by atomic mass is 9.91. The van der Waals surface area contributed by atoms with Gasteiger partial charge in [-0.2, -0.15) is 26.3 Å². The number of rotatable bonds is 8. The zero-order chi connectivity index (χ0) is 28.4. The first-order valence-electron chi connectivity index (χ1n) is 12.6. The fourth-order valence-electron chi connectivity index (χ4n) is 4.90. The summed E-state index contributed by atoms with van der Waals surface area (Å²) in [6.07, 6.45) is -8.45. The fraction of sp³-hybridized carbons (Fsp3) is 0.481. The first-order chi connectivity index (χ1) is 18.3. The van der Waals surface area contributed by atoms with E-state index >= 15 is 0 Å². The van der Waals surface area contributed by atoms with E-state index < -0.39 is 41.1 Å². The lowest BCUT2D eigenvalue weighted by Crippen LogP contribution is -2.50. The standard InChI is InChI=1S/C27H28F6N2O4/c28-26(29,30)20-6-7-23(27(31,32)33)19(14-20)8-9-34-10-12-35(13-11-34)25(38)39-21-3-1-2-18(15-21)22(16-24(36)37)17-4-5-17/h1-3,6-7,14-15,17,22H,4-5,8-13,16H2,(H,36,37)/t22-/m0/s1. The molecule has 0 spiro atoms. The maximum Gasteiger partial charge on any atom is 0.416 e. The van der Waals surface area contributed by atoms with Crippen LogP contribution in [0.3, 0.4) is 0 Å². The summed E-state index contributed by atoms with van der Waals surface area (Å²) < 4.78 is 84.7. The van der Waals surface area contributed by atoms with E-state index in [4.69, 9.17) is 4.74 Å². The Hall–Kier alpha value is -3.28. The van der Waals surface area contributed by atoms with Crippen LogP contribution in [0.25, 0.3) is 0 Å². The second kappa shape index (κ2) is 11.4. The van der Waals surface area contributed by atoms with E-state index in [0.717, 1.165) is 18.4 Å². The van der Waals surface area contributed by atoms with E-state index in [9.17, 15) is 41.0 Å². The topological polar surface area (TPSA) is 70.1 Å². The molecule has 1 N–H and O–H groups in total. The predicted molar refractivity (Wildman–Crippen MR) is 128 cm³/mol. The number of carbonyl (C=O) groups is 2. The molecular formula is C27H28F6N2O4. The summed E-state index contributed by atoms with van der Waals surface area (Å²) >= 11 is 0. The van der Waals surface area contributed by atoms with Crippen LogP contribution in [0, 0.1) is 5.92 Å². The molecule has 12 heteroatoms. The van der Waals surface area contributed by atoms with Crippen molar-refractivity contribution in [3.63, 3.8) is 0 Å². The van der Waals surface area contributed by atoms with Gasteiger partial charge in [0.05, 0.1) is 17.5 Å². The average Bonchev–Trinajstić information content (AvgIpc) is 3.70. The minimum Gasteiger partial charge on any atom is -0.481 e. The Balaban J connectivity index is 1.32. The zero-order valence-electron chi connectivity index (χ0n) is 20.9. The Bertz CT molecular complexity index is 1190. The third-order valence-electron chi connectivity index (χ3n) is 7.14. The molecule has 1 aliphatic heterocycles. The van der Waals surface area contributed by atoms with Crippen molar-refractivity contribution in [2.45, 2.75) is 44.0 Å². The van der Waals surface area contributed by atoms with Crippen molar-refractivity contribution >= 4 is 12.1 Å². The number of hydrogen-bond acceptors (Lipinski definition) is 4. The van der Waals surface area contributed by atoms with Crippen LogP contribution in [-0.2, 0) is 23.6 Å². The van der Waals surface area contributed by atoms with E-state index in [1.807, 2.05) is 6.07 Å². The molecule has 2 aromatic rings. The number of amides is 1. The number of piperazine rings is 1. The van der Waals surface area contributed by atoms with Gasteiger partial charge in [0.1, 0.15) is 5.75 Å². The largest absolute Gasteiger partial charge is 0.481 e. The van der Waals surface area contributed by atoms with E-state index in [2.05, 4.69) is 0 Å². The number of carboxylic acids is 1. The second-order valence-electron chi connectivity index (χ2n) is 9.93. The number of carbonyl (C=O) groups excluding carboxylic acids is 1. The highest BCUT2D eigenvalue weighted by atomic mass is 19.4. The molecule has 39 heavy (non-hydrogen) atoms. The van der Waals surface area contributed by atoms with E-state index in [0.29, 0.717) is 43.0 Å². The van der Waals surface area contributed by atoms with Gasteiger partial charge in [0.15, 0.2) is 0 Å². The summed E-state index contributed by atoms with van der Waals surface area (Å²) in [5, 5.41) is 9.23. The molecule has 1 heterocycles. The van der Waals surface area contributed by atoms with Crippen LogP contribution >= 0.6 is 0 Å². The molecular weight excluding hydrogens is 530 g/mol. The Labute approximate surface area is 221 Å². The van der Waals surface area contributed by atoms with Crippen LogP contribution in [-0.4, -0.2) is 59.7 Å². The van der Waals surface area contributed by atoms with Gasteiger partial charge in [-0.05, 0) is 72.6 Å². The quantitative estimate of drug-likeness (QED) is 0.400. The molecule has 1 amide bonds. The Morgan fingerprint density at radius 2 is 1.64 bits per heavy atom. The van der Waals surface area contributed by atoms with Crippen LogP contribution in [0.2, 0.25) is 0 Å². The number of aliphatic carboxylic acids is 1. The molecule has 1 aliphatic carbocycles. The van der Waals surface area contributed by atoms with E-state index in [-0.39, 0.29) is 38.4 Å². The van der Waals surface area contributed by atoms with Crippen molar-refractivity contribution in [2.75, 3.05) is 32.7 Å². The average molecular weight is 559 g/mol. The first kappa shape index (κ1) is 28.7. The number of carboxylic acid groups (broad SMARTS) is 1. The summed E-state index contributed by atoms with van der Waals surface area (Å²) in [5.41, 5.74) is -1.85. The molecule has 0 aromatic heterocycles. The summed E-state index contributed by atoms with van der Waals surface area (Å²) in [5.74, 6) is -0.460. The maximum absolute atomic E-state index is 13.3. The molecule has 2 aliphatic rings. The van der Waals surface area contributed by atoms with Gasteiger partial charge < -0.3 is 14.7 Å². The normalized spacial score (nSPS) is 17.6. The van der Waals surface area contributed by atoms with Crippen LogP contribution < -0.4 is 4.74 Å². The molecule has 0 bridgehead atoms. The van der Waals surface area contributed by atoms with Gasteiger partial charge in [0, 0.05) is 32.7 Å². The lowest BCUT2D eigenvalue weighted by Gasteiger charge is -2.34. The number of hydrogen-bond donors (Lipinski definition) is 1. The van der Waals surface area contributed by atoms with Crippen molar-refractivity contribution in [3.8, 4) is 5.75 Å². The zero-order valence-corrected chi connectivity index (χ0v) is 20.9. The van der Waals surface area contributed by atoms with Gasteiger partial charge in [-0.3, -0.25) is 9.69 Å². The van der Waals surface area contributed by atoms with Crippen molar-refractivity contribution in [1.82, 2.24) is 9.80 Å². The monoisotopic (exact) mass is 558 g/mol. The summed E-state index contributed by atoms with van der Waals surface area (Å²) in [4.78, 5) is 27.2. The van der Waals surface area contributed by atoms with Gasteiger partial charge in [0.2, 0.25) is 0 Å². The molecule has 1 atom stereocenters. The summed E-state index contributed by atoms with van der Waals surface area (Å²) in [6.45, 7) is 1.20. The maximum atomic E-state index is 13.3. The van der Waals surface area contributed by atoms with Gasteiger partial charge in [0.25, 0.3) is 0 Å². The van der Waals surface area contributed by atoms with E-state index in [1.54, 1.807) is 23.1 Å². The minimum absolute atomic E-state index is 0.00497. The van der Waals surface area contributed by atoms with Crippen LogP contribution in [0.15, 0.2) is 42.5 Å². The number of benzene rings is 2. The molecule has 212 valence electrons. The molecule has 2 fully saturated rings. The van der Waals surface area contributed by atoms with Crippen molar-refractivity contribution in [2.24, 2.45) is 5.92 Å². The lowest BCUT2D eigenvalue weighted by molar-refractivity contribution is -0.141. The van der Waals surface area contributed by atoms with Crippen molar-refractivity contribution < 1.29 is 45.8 Å². The summed E-state index contributed by atoms with van der Waals surface area (Å²) in [6, 6.07) is 8.25. The Morgan fingerprint density at radius 1 is 0.949 bits per heavy atom. The number of nitrogens with zero attached hydrogens (tertiary/aromatic N) is 2. The van der Waals surface area contributed by atoms with Gasteiger partial charge >= 0.3 is 24.4 Å². The van der Waals surface area contributed by atoms with Gasteiger partial charge in [-0.15, -0.1) is 0 Å². The Kier molecular flexibility index (Phi) is 8.43. The second-order valence-corrected chi connectivity index (χ2v) is 9.93. The van der Waals surface area contributed by atoms with Gasteiger partial charge in [-0.1, -0.05) is 12.1 Å². The highest BCUT2D eigenvalue weighted by Crippen LogP contribution is 2.45. The molecule has 6 nitrogen and oxygen atoms in total. The third-order valence-corrected chi connectivity index (χ3v) is 7.14. The number of alkyl halides is 6. The number of halogens is 6. The number of ether oxygens (including phenoxy) is 1. The van der Waals surface area contributed by atoms with Crippen LogP contribution in [0.5, 0.6) is 5.75 Å². The molecule has 2 aromatic carbocycles. The molecule has 1 saturated heterocycles. The fourth-order valence-corrected chi connectivity index (χ4v) is 4.90. The smallest absolute Gasteiger partial charge is 0.416 e. The van der Waals surface area contributed by atoms with Crippen molar-refractivity contribution in [1.29, 1.82) is 0 Å². The first-order valence-corrected chi connectivity index (χ1v) is 12.6. The molecule has 1 saturated carbocycles. The Morgan fingerprint density at radius 3 is 2.23 bits per heavy atom. The summed E-state index contributed by atoms with van der Waals surface area (Å²) in [7, 11) is 0. The van der Waals surface area contributed by atoms with Crippen LogP contribution in [0.1, 0.15) is 47.4 Å². The van der Waals surface area contributed by atoms with E-state index in [1.165, 1.54) is 4.90 Å². The predicted octanol–water partition coefficient (Wildman–Crippen LogP) is 6.05. The highest BCUT2D eigenvalue weighted by Gasteiger charge is 2.37. The molecule has 0 radical (unpaired) electrons. The minimum atomic E-state index is -4.77. The third kappa shape index (κ3) is 7.65.